The Bertz CT molecular complexity index is 4880. The smallest absolute Gasteiger partial charge is 0.433 e. The van der Waals surface area contributed by atoms with Crippen molar-refractivity contribution in [1.29, 1.82) is 0 Å². The van der Waals surface area contributed by atoms with E-state index in [1.807, 2.05) is 39.7 Å². The minimum Gasteiger partial charge on any atom is -0.481 e. The average Bonchev–Trinajstić information content (AvgIpc) is 1.64. The summed E-state index contributed by atoms with van der Waals surface area (Å²) in [5.74, 6) is 3.59. The topological polar surface area (TPSA) is 350 Å². The number of alkyl halides is 9. The molecule has 4 aliphatic rings. The SMILES string of the molecule is CC(C)Cn1c(N)nc2ccc(C(F)(F)F)nc21.CC(C)Cn1c(N)nc2ccc(Cl)nc21.COc1ccc2nc(N)n(C3CCC3)c2n1.Nc1nc2cc(C(F)(F)F)cnc2n1C1CCC1.Nc1nc2cc(Cl)cnc2n1C1CCC1.Nc1nc2ccc(C(F)(F)F)nc2n1C1CCC1. The predicted octanol–water partition coefficient (Wildman–Crippen LogP) is 14.7. The molecule has 0 radical (unpaired) electrons. The second kappa shape index (κ2) is 28.9. The van der Waals surface area contributed by atoms with Crippen LogP contribution in [0.4, 0.5) is 75.2 Å². The van der Waals surface area contributed by atoms with Gasteiger partial charge in [0.15, 0.2) is 33.9 Å². The number of imidazole rings is 6. The minimum absolute atomic E-state index is 0.131. The molecule has 12 aromatic rings. The Kier molecular flexibility index (Phi) is 20.6. The zero-order valence-corrected chi connectivity index (χ0v) is 56.4. The van der Waals surface area contributed by atoms with Crippen molar-refractivity contribution in [2.24, 2.45) is 11.8 Å². The van der Waals surface area contributed by atoms with Crippen LogP contribution < -0.4 is 39.1 Å². The number of methoxy groups -OCH3 is 1. The fraction of sp³-hybridized carbons (Fsp3) is 0.438. The molecule has 0 aliphatic heterocycles. The van der Waals surface area contributed by atoms with Crippen molar-refractivity contribution < 1.29 is 44.3 Å². The standard InChI is InChI=1S/2C11H11F3N4.C11H13F3N4.C11H14N4O.C10H11ClN4.C10H13ClN4/c12-11(13,14)6-4-8-9(16-5-6)18(10(15)17-8)7-2-1-3-7;12-11(13,14)8-5-4-7-9(17-8)18(10(15)16-7)6-2-1-3-6;1-6(2)5-18-9-7(16-10(18)15)3-4-8(17-9)11(12,13)14;1-16-9-6-5-8-10(14-9)15(11(12)13-8)7-3-2-4-7;11-6-4-8-9(13-5-6)15(10(12)14-8)7-2-1-3-7;1-6(2)5-15-9-7(13-10(15)12)3-4-8(11)14-9/h4-5,7H,1-3H2,(H2,15,17);4-6H,1-3H2,(H2,15,16);3-4,6H,5H2,1-2H3,(H2,15,16);5-7H,2-4H2,1H3,(H2,12,13);4-5,7H,1-3H2,(H2,12,14);3-4,6H,5H2,1-2H3,(H2,12,13). The summed E-state index contributed by atoms with van der Waals surface area (Å²) in [6.07, 6.45) is 2.25. The van der Waals surface area contributed by atoms with E-state index >= 15 is 0 Å². The van der Waals surface area contributed by atoms with Gasteiger partial charge in [-0.3, -0.25) is 27.4 Å². The van der Waals surface area contributed by atoms with E-state index in [1.165, 1.54) is 42.4 Å². The van der Waals surface area contributed by atoms with Crippen molar-refractivity contribution in [3.63, 3.8) is 0 Å². The molecular formula is C64H73Cl2F9N24O. The number of fused-ring (bicyclic) bond motifs is 6. The predicted molar refractivity (Wildman–Crippen MR) is 364 cm³/mol. The number of halogens is 11. The summed E-state index contributed by atoms with van der Waals surface area (Å²) >= 11 is 11.7. The second-order valence-electron chi connectivity index (χ2n) is 25.5. The third kappa shape index (κ3) is 15.5. The number of nitrogens with two attached hydrogens (primary N) is 6. The largest absolute Gasteiger partial charge is 0.481 e. The maximum Gasteiger partial charge on any atom is 0.433 e. The number of pyridine rings is 6. The third-order valence-corrected chi connectivity index (χ3v) is 17.8. The van der Waals surface area contributed by atoms with Crippen LogP contribution in [-0.2, 0) is 31.6 Å². The van der Waals surface area contributed by atoms with Gasteiger partial charge in [0.1, 0.15) is 49.6 Å². The highest BCUT2D eigenvalue weighted by Gasteiger charge is 2.36. The van der Waals surface area contributed by atoms with Gasteiger partial charge >= 0.3 is 18.5 Å². The molecule has 36 heteroatoms. The van der Waals surface area contributed by atoms with E-state index in [2.05, 4.69) is 73.7 Å². The molecule has 12 N–H and O–H groups in total. The molecule has 4 aliphatic carbocycles. The molecule has 4 fully saturated rings. The van der Waals surface area contributed by atoms with Crippen LogP contribution in [0.1, 0.15) is 146 Å². The monoisotopic (exact) mass is 1430 g/mol. The van der Waals surface area contributed by atoms with Gasteiger partial charge in [0.2, 0.25) is 41.6 Å². The van der Waals surface area contributed by atoms with Crippen LogP contribution in [-0.4, -0.2) is 94.3 Å². The van der Waals surface area contributed by atoms with Gasteiger partial charge < -0.3 is 39.1 Å². The molecule has 100 heavy (non-hydrogen) atoms. The van der Waals surface area contributed by atoms with Crippen LogP contribution in [0.25, 0.3) is 67.0 Å². The Hall–Kier alpha value is -9.73. The van der Waals surface area contributed by atoms with E-state index in [0.717, 1.165) is 116 Å². The van der Waals surface area contributed by atoms with Gasteiger partial charge in [-0.05, 0) is 143 Å². The highest BCUT2D eigenvalue weighted by atomic mass is 35.5. The van der Waals surface area contributed by atoms with Gasteiger partial charge in [-0.1, -0.05) is 50.9 Å². The van der Waals surface area contributed by atoms with E-state index in [0.29, 0.717) is 75.1 Å². The van der Waals surface area contributed by atoms with Gasteiger partial charge in [-0.25, -0.2) is 54.8 Å². The maximum absolute atomic E-state index is 12.6. The van der Waals surface area contributed by atoms with Gasteiger partial charge in [-0.2, -0.15) is 44.5 Å². The molecule has 0 unspecified atom stereocenters. The molecule has 0 amide bonds. The molecule has 25 nitrogen and oxygen atoms in total. The number of nitrogens with zero attached hydrogens (tertiary/aromatic N) is 18. The molecular weight excluding hydrogens is 1360 g/mol. The zero-order chi connectivity index (χ0) is 71.9. The Morgan fingerprint density at radius 1 is 0.410 bits per heavy atom. The Morgan fingerprint density at radius 2 is 0.760 bits per heavy atom. The van der Waals surface area contributed by atoms with E-state index in [9.17, 15) is 39.5 Å². The average molecular weight is 1440 g/mol. The number of ether oxygens (including phenoxy) is 1. The molecule has 0 bridgehead atoms. The van der Waals surface area contributed by atoms with Crippen molar-refractivity contribution in [1.82, 2.24) is 87.2 Å². The van der Waals surface area contributed by atoms with E-state index in [4.69, 9.17) is 62.3 Å². The summed E-state index contributed by atoms with van der Waals surface area (Å²) in [7, 11) is 1.61. The first-order valence-corrected chi connectivity index (χ1v) is 33.0. The highest BCUT2D eigenvalue weighted by molar-refractivity contribution is 6.31. The normalized spacial score (nSPS) is 15.3. The lowest BCUT2D eigenvalue weighted by atomic mass is 9.93. The Morgan fingerprint density at radius 3 is 1.16 bits per heavy atom. The minimum atomic E-state index is -4.46. The lowest BCUT2D eigenvalue weighted by Crippen LogP contribution is -2.19. The first kappa shape index (κ1) is 71.6. The van der Waals surface area contributed by atoms with Crippen molar-refractivity contribution in [2.45, 2.75) is 161 Å². The van der Waals surface area contributed by atoms with E-state index in [1.54, 1.807) is 40.6 Å². The van der Waals surface area contributed by atoms with Crippen LogP contribution in [0.2, 0.25) is 10.2 Å². The molecule has 0 saturated heterocycles. The van der Waals surface area contributed by atoms with Crippen LogP contribution in [0.5, 0.6) is 5.88 Å². The molecule has 12 aromatic heterocycles. The summed E-state index contributed by atoms with van der Waals surface area (Å²) in [5.41, 5.74) is 38.9. The molecule has 0 aromatic carbocycles. The number of hydrogen-bond donors (Lipinski definition) is 6. The Balaban J connectivity index is 0.000000121. The highest BCUT2D eigenvalue weighted by Crippen LogP contribution is 2.41. The van der Waals surface area contributed by atoms with Gasteiger partial charge in [-0.15, -0.1) is 0 Å². The van der Waals surface area contributed by atoms with E-state index < -0.39 is 35.5 Å². The number of aromatic nitrogens is 18. The molecule has 0 atom stereocenters. The van der Waals surface area contributed by atoms with Crippen LogP contribution in [0.3, 0.4) is 0 Å². The molecule has 532 valence electrons. The fourth-order valence-corrected chi connectivity index (χ4v) is 11.9. The quantitative estimate of drug-likeness (QED) is 0.0577. The third-order valence-electron chi connectivity index (χ3n) is 17.4. The summed E-state index contributed by atoms with van der Waals surface area (Å²) in [5, 5.41) is 1.06. The van der Waals surface area contributed by atoms with E-state index in [-0.39, 0.29) is 52.7 Å². The fourth-order valence-electron chi connectivity index (χ4n) is 11.6. The summed E-state index contributed by atoms with van der Waals surface area (Å²) in [6, 6.07) is 15.8. The van der Waals surface area contributed by atoms with Crippen molar-refractivity contribution >= 4 is 126 Å². The lowest BCUT2D eigenvalue weighted by molar-refractivity contribution is -0.141. The number of nitrogen functional groups attached to an aromatic ring is 6. The van der Waals surface area contributed by atoms with Crippen LogP contribution in [0, 0.1) is 11.8 Å². The molecule has 16 rings (SSSR count). The second-order valence-corrected chi connectivity index (χ2v) is 26.3. The molecule has 12 heterocycles. The Labute approximate surface area is 574 Å². The van der Waals surface area contributed by atoms with Crippen LogP contribution in [0.15, 0.2) is 73.1 Å². The van der Waals surface area contributed by atoms with Crippen molar-refractivity contribution in [2.75, 3.05) is 41.5 Å². The van der Waals surface area contributed by atoms with Gasteiger partial charge in [0.25, 0.3) is 0 Å². The van der Waals surface area contributed by atoms with Gasteiger partial charge in [0.05, 0.1) is 17.7 Å². The summed E-state index contributed by atoms with van der Waals surface area (Å²) in [4.78, 5) is 48.9. The molecule has 0 spiro atoms. The number of rotatable bonds is 9. The first-order valence-electron chi connectivity index (χ1n) is 32.2. The van der Waals surface area contributed by atoms with Crippen LogP contribution >= 0.6 is 23.2 Å². The zero-order valence-electron chi connectivity index (χ0n) is 54.9. The first-order chi connectivity index (χ1) is 47.3. The number of hydrogen-bond acceptors (Lipinski definition) is 19. The van der Waals surface area contributed by atoms with Gasteiger partial charge in [0, 0.05) is 55.7 Å². The summed E-state index contributed by atoms with van der Waals surface area (Å²) < 4.78 is 129. The van der Waals surface area contributed by atoms with Crippen molar-refractivity contribution in [3.05, 3.63) is 100 Å². The van der Waals surface area contributed by atoms with Crippen molar-refractivity contribution in [3.8, 4) is 5.88 Å². The molecule has 4 saturated carbocycles. The number of anilines is 6. The summed E-state index contributed by atoms with van der Waals surface area (Å²) in [6.45, 7) is 9.41. The maximum atomic E-state index is 12.6. The lowest BCUT2D eigenvalue weighted by Gasteiger charge is -2.27.